The number of amides is 1. The van der Waals surface area contributed by atoms with Gasteiger partial charge in [-0.2, -0.15) is 0 Å². The predicted molar refractivity (Wildman–Crippen MR) is 217 cm³/mol. The Labute approximate surface area is 328 Å². The first-order valence-electron chi connectivity index (χ1n) is 21.4. The van der Waals surface area contributed by atoms with Crippen LogP contribution in [0.3, 0.4) is 0 Å². The van der Waals surface area contributed by atoms with E-state index in [1.165, 1.54) is 103 Å². The molecular weight excluding hydrogens is 709 g/mol. The number of phosphoric acid groups is 1. The number of rotatable bonds is 40. The van der Waals surface area contributed by atoms with Crippen molar-refractivity contribution < 1.29 is 47.8 Å². The van der Waals surface area contributed by atoms with Gasteiger partial charge >= 0.3 is 19.8 Å². The zero-order valence-corrected chi connectivity index (χ0v) is 34.9. The number of aliphatic hydroxyl groups is 1. The number of esters is 1. The van der Waals surface area contributed by atoms with Crippen LogP contribution in [0, 0.1) is 0 Å². The number of unbranched alkanes of at least 4 members (excludes halogenated alkanes) is 22. The second-order valence-electron chi connectivity index (χ2n) is 14.5. The van der Waals surface area contributed by atoms with E-state index in [-0.39, 0.29) is 12.8 Å². The average Bonchev–Trinajstić information content (AvgIpc) is 3.14. The number of carboxylic acids is 1. The number of ether oxygens (including phenoxy) is 1. The van der Waals surface area contributed by atoms with Gasteiger partial charge in [0.15, 0.2) is 6.04 Å². The normalized spacial score (nSPS) is 14.0. The molecule has 0 rings (SSSR count). The summed E-state index contributed by atoms with van der Waals surface area (Å²) in [5, 5.41) is 21.8. The smallest absolute Gasteiger partial charge is 0.472 e. The number of aliphatic carboxylic acids is 1. The lowest BCUT2D eigenvalue weighted by Crippen LogP contribution is -2.43. The molecule has 0 aromatic heterocycles. The van der Waals surface area contributed by atoms with Crippen LogP contribution in [-0.4, -0.2) is 64.9 Å². The summed E-state index contributed by atoms with van der Waals surface area (Å²) in [5.74, 6) is -2.37. The van der Waals surface area contributed by atoms with E-state index in [4.69, 9.17) is 13.8 Å². The minimum Gasteiger partial charge on any atom is -0.480 e. The zero-order chi connectivity index (χ0) is 40.0. The molecule has 1 amide bonds. The molecule has 0 spiro atoms. The second kappa shape index (κ2) is 37.9. The van der Waals surface area contributed by atoms with Crippen molar-refractivity contribution in [1.82, 2.24) is 5.32 Å². The zero-order valence-electron chi connectivity index (χ0n) is 34.0. The molecule has 0 aliphatic carbocycles. The summed E-state index contributed by atoms with van der Waals surface area (Å²) in [6.45, 7) is 2.55. The maximum Gasteiger partial charge on any atom is 0.472 e. The van der Waals surface area contributed by atoms with Crippen LogP contribution >= 0.6 is 7.82 Å². The van der Waals surface area contributed by atoms with Gasteiger partial charge in [-0.15, -0.1) is 0 Å². The highest BCUT2D eigenvalue weighted by Crippen LogP contribution is 2.43. The summed E-state index contributed by atoms with van der Waals surface area (Å²) in [5.41, 5.74) is 0. The molecule has 0 aliphatic rings. The molecule has 3 atom stereocenters. The lowest BCUT2D eigenvalue weighted by molar-refractivity contribution is -0.147. The van der Waals surface area contributed by atoms with Gasteiger partial charge in [0.25, 0.3) is 0 Å². The first-order valence-corrected chi connectivity index (χ1v) is 22.9. The van der Waals surface area contributed by atoms with Gasteiger partial charge in [-0.05, 0) is 44.9 Å². The van der Waals surface area contributed by atoms with Crippen molar-refractivity contribution >= 4 is 25.7 Å². The lowest BCUT2D eigenvalue weighted by atomic mass is 10.1. The standard InChI is InChI=1S/C42H78NO10P/c1-3-5-7-9-11-13-15-16-17-18-19-20-21-22-24-26-28-30-32-34-41(46)51-35-38(44)36-52-54(49,50)53-37-39(42(47)48)43-40(45)33-31-29-27-25-23-14-12-10-8-6-4-2/h11,13,16-17,38-39,44H,3-10,12,14-15,18-37H2,1-2H3,(H,43,45)(H,47,48)(H,49,50)/b13-11-,17-16-. The Hall–Kier alpha value is -2.04. The SMILES string of the molecule is CCCCC/C=C\C/C=C\CCCCCCCCCCCC(=O)OCC(O)COP(=O)(O)OCC(NC(=O)CCCCCCCCCCCCC)C(=O)O. The fourth-order valence-corrected chi connectivity index (χ4v) is 6.65. The largest absolute Gasteiger partial charge is 0.480 e. The van der Waals surface area contributed by atoms with E-state index in [0.29, 0.717) is 12.8 Å². The highest BCUT2D eigenvalue weighted by molar-refractivity contribution is 7.47. The first-order chi connectivity index (χ1) is 26.1. The van der Waals surface area contributed by atoms with E-state index in [1.807, 2.05) is 0 Å². The van der Waals surface area contributed by atoms with Crippen molar-refractivity contribution in [2.45, 2.75) is 206 Å². The summed E-state index contributed by atoms with van der Waals surface area (Å²) in [7, 11) is -4.75. The van der Waals surface area contributed by atoms with Gasteiger partial charge in [0.1, 0.15) is 12.7 Å². The molecule has 0 heterocycles. The lowest BCUT2D eigenvalue weighted by Gasteiger charge is -2.18. The molecule has 0 bridgehead atoms. The van der Waals surface area contributed by atoms with E-state index in [2.05, 4.69) is 43.5 Å². The Morgan fingerprint density at radius 3 is 1.54 bits per heavy atom. The third kappa shape index (κ3) is 36.9. The summed E-state index contributed by atoms with van der Waals surface area (Å²) in [6.07, 6.45) is 37.8. The van der Waals surface area contributed by atoms with Gasteiger partial charge in [-0.3, -0.25) is 18.6 Å². The molecule has 0 aliphatic heterocycles. The highest BCUT2D eigenvalue weighted by Gasteiger charge is 2.28. The van der Waals surface area contributed by atoms with Crippen LogP contribution in [0.5, 0.6) is 0 Å². The summed E-state index contributed by atoms with van der Waals surface area (Å²) >= 11 is 0. The fourth-order valence-electron chi connectivity index (χ4n) is 5.87. The molecule has 0 aromatic rings. The summed E-state index contributed by atoms with van der Waals surface area (Å²) in [6, 6.07) is -1.54. The molecule has 12 heteroatoms. The fraction of sp³-hybridized carbons (Fsp3) is 0.833. The van der Waals surface area contributed by atoms with Crippen molar-refractivity contribution in [3.05, 3.63) is 24.3 Å². The maximum absolute atomic E-state index is 12.2. The Bertz CT molecular complexity index is 1020. The van der Waals surface area contributed by atoms with Gasteiger partial charge in [0, 0.05) is 12.8 Å². The average molecular weight is 788 g/mol. The van der Waals surface area contributed by atoms with Crippen molar-refractivity contribution in [3.8, 4) is 0 Å². The van der Waals surface area contributed by atoms with Crippen LogP contribution in [0.15, 0.2) is 24.3 Å². The second-order valence-corrected chi connectivity index (χ2v) is 16.0. The molecule has 0 saturated carbocycles. The van der Waals surface area contributed by atoms with E-state index in [1.54, 1.807) is 0 Å². The van der Waals surface area contributed by atoms with E-state index < -0.39 is 57.6 Å². The van der Waals surface area contributed by atoms with Crippen LogP contribution in [0.2, 0.25) is 0 Å². The molecule has 316 valence electrons. The Morgan fingerprint density at radius 1 is 0.593 bits per heavy atom. The number of hydrogen-bond acceptors (Lipinski definition) is 8. The van der Waals surface area contributed by atoms with Crippen molar-refractivity contribution in [2.24, 2.45) is 0 Å². The summed E-state index contributed by atoms with van der Waals surface area (Å²) < 4.78 is 26.8. The topological polar surface area (TPSA) is 169 Å². The minimum atomic E-state index is -4.75. The molecule has 3 unspecified atom stereocenters. The van der Waals surface area contributed by atoms with Gasteiger partial charge in [-0.1, -0.05) is 160 Å². The highest BCUT2D eigenvalue weighted by atomic mass is 31.2. The molecule has 4 N–H and O–H groups in total. The Morgan fingerprint density at radius 2 is 1.02 bits per heavy atom. The molecule has 0 saturated heterocycles. The molecule has 0 aromatic carbocycles. The van der Waals surface area contributed by atoms with Gasteiger partial charge in [0.05, 0.1) is 13.2 Å². The van der Waals surface area contributed by atoms with Crippen LogP contribution in [0.4, 0.5) is 0 Å². The van der Waals surface area contributed by atoms with Crippen molar-refractivity contribution in [3.63, 3.8) is 0 Å². The number of allylic oxidation sites excluding steroid dienone is 4. The van der Waals surface area contributed by atoms with E-state index >= 15 is 0 Å². The van der Waals surface area contributed by atoms with Gasteiger partial charge in [0.2, 0.25) is 5.91 Å². The van der Waals surface area contributed by atoms with Crippen molar-refractivity contribution in [2.75, 3.05) is 19.8 Å². The van der Waals surface area contributed by atoms with E-state index in [0.717, 1.165) is 51.4 Å². The molecule has 54 heavy (non-hydrogen) atoms. The van der Waals surface area contributed by atoms with Crippen LogP contribution in [0.25, 0.3) is 0 Å². The van der Waals surface area contributed by atoms with E-state index in [9.17, 15) is 34.1 Å². The maximum atomic E-state index is 12.2. The van der Waals surface area contributed by atoms with Crippen LogP contribution in [0.1, 0.15) is 194 Å². The number of nitrogens with one attached hydrogen (secondary N) is 1. The molecule has 11 nitrogen and oxygen atoms in total. The Balaban J connectivity index is 3.87. The first kappa shape index (κ1) is 52.0. The number of phosphoric ester groups is 1. The van der Waals surface area contributed by atoms with Gasteiger partial charge in [-0.25, -0.2) is 9.36 Å². The minimum absolute atomic E-state index is 0.149. The van der Waals surface area contributed by atoms with Crippen LogP contribution in [-0.2, 0) is 32.7 Å². The van der Waals surface area contributed by atoms with Crippen molar-refractivity contribution in [1.29, 1.82) is 0 Å². The van der Waals surface area contributed by atoms with Gasteiger partial charge < -0.3 is 25.2 Å². The number of carboxylic acid groups (broad SMARTS) is 1. The number of carbonyl (C=O) groups excluding carboxylic acids is 2. The number of carbonyl (C=O) groups is 3. The third-order valence-electron chi connectivity index (χ3n) is 9.24. The quantitative estimate of drug-likeness (QED) is 0.0203. The Kier molecular flexibility index (Phi) is 36.4. The summed E-state index contributed by atoms with van der Waals surface area (Å²) in [4.78, 5) is 45.8. The number of hydrogen-bond donors (Lipinski definition) is 4. The third-order valence-corrected chi connectivity index (χ3v) is 10.2. The monoisotopic (exact) mass is 788 g/mol. The molecule has 0 radical (unpaired) electrons. The van der Waals surface area contributed by atoms with Crippen LogP contribution < -0.4 is 5.32 Å². The predicted octanol–water partition coefficient (Wildman–Crippen LogP) is 10.7. The molecule has 0 fully saturated rings. The number of aliphatic hydroxyl groups excluding tert-OH is 1. The molecular formula is C42H78NO10P.